The van der Waals surface area contributed by atoms with E-state index in [0.29, 0.717) is 22.0 Å². The van der Waals surface area contributed by atoms with Gasteiger partial charge in [0.2, 0.25) is 7.98 Å². The highest BCUT2D eigenvalue weighted by Crippen LogP contribution is 2.33. The lowest BCUT2D eigenvalue weighted by Crippen LogP contribution is -2.01. The van der Waals surface area contributed by atoms with Gasteiger partial charge in [-0.05, 0) is 29.1 Å². The number of phenols is 1. The second kappa shape index (κ2) is 6.63. The highest BCUT2D eigenvalue weighted by molar-refractivity contribution is 7.85. The van der Waals surface area contributed by atoms with Crippen LogP contribution in [0.3, 0.4) is 0 Å². The molecule has 0 aliphatic heterocycles. The molecule has 2 aromatic carbocycles. The van der Waals surface area contributed by atoms with Gasteiger partial charge in [-0.25, -0.2) is 0 Å². The fourth-order valence-electron chi connectivity index (χ4n) is 1.88. The van der Waals surface area contributed by atoms with Crippen LogP contribution in [0.1, 0.15) is 19.4 Å². The monoisotopic (exact) mass is 293 g/mol. The van der Waals surface area contributed by atoms with Crippen molar-refractivity contribution < 1.29 is 18.1 Å². The summed E-state index contributed by atoms with van der Waals surface area (Å²) in [6.45, 7) is 4.00. The van der Waals surface area contributed by atoms with Crippen molar-refractivity contribution in [3.63, 3.8) is 0 Å². The Morgan fingerprint density at radius 2 is 1.90 bits per heavy atom. The first kappa shape index (κ1) is 16.3. The maximum atomic E-state index is 10.8. The largest absolute Gasteiger partial charge is 0.507 e. The molecule has 2 rings (SSSR count). The van der Waals surface area contributed by atoms with E-state index in [-0.39, 0.29) is 5.75 Å². The molecule has 0 aliphatic rings. The third-order valence-corrected chi connectivity index (χ3v) is 3.22. The maximum absolute atomic E-state index is 10.8. The van der Waals surface area contributed by atoms with Gasteiger partial charge in [-0.15, -0.1) is 0 Å². The molecule has 3 N–H and O–H groups in total. The number of rotatable bonds is 3. The fourth-order valence-corrected chi connectivity index (χ4v) is 2.47. The van der Waals surface area contributed by atoms with Crippen LogP contribution in [-0.4, -0.2) is 26.1 Å². The molecular formula is C13H16BNO4S. The zero-order valence-electron chi connectivity index (χ0n) is 11.3. The summed E-state index contributed by atoms with van der Waals surface area (Å²) in [5.74, 6) is -0.642. The molecule has 2 aromatic rings. The van der Waals surface area contributed by atoms with Crippen LogP contribution >= 0.6 is 0 Å². The molecule has 2 radical (unpaired) electrons. The van der Waals surface area contributed by atoms with Gasteiger partial charge >= 0.3 is 0 Å². The van der Waals surface area contributed by atoms with Crippen molar-refractivity contribution in [1.29, 1.82) is 0 Å². The van der Waals surface area contributed by atoms with Gasteiger partial charge in [-0.2, -0.15) is 8.42 Å². The highest BCUT2D eigenvalue weighted by Gasteiger charge is 2.11. The molecule has 0 aliphatic carbocycles. The third-order valence-electron chi connectivity index (χ3n) is 2.52. The van der Waals surface area contributed by atoms with Crippen molar-refractivity contribution in [2.75, 3.05) is 5.23 Å². The Morgan fingerprint density at radius 3 is 2.45 bits per heavy atom. The van der Waals surface area contributed by atoms with Gasteiger partial charge in [0.25, 0.3) is 10.1 Å². The van der Waals surface area contributed by atoms with Crippen molar-refractivity contribution in [2.24, 2.45) is 0 Å². The summed E-state index contributed by atoms with van der Waals surface area (Å²) < 4.78 is 30.4. The van der Waals surface area contributed by atoms with Crippen LogP contribution < -0.4 is 5.23 Å². The van der Waals surface area contributed by atoms with Crippen molar-refractivity contribution >= 4 is 34.6 Å². The average molecular weight is 293 g/mol. The van der Waals surface area contributed by atoms with Crippen LogP contribution in [-0.2, 0) is 15.9 Å². The van der Waals surface area contributed by atoms with Crippen molar-refractivity contribution in [3.8, 4) is 5.75 Å². The van der Waals surface area contributed by atoms with E-state index in [9.17, 15) is 13.5 Å². The highest BCUT2D eigenvalue weighted by atomic mass is 32.2. The molecule has 0 aromatic heterocycles. The molecule has 0 spiro atoms. The standard InChI is InChI=1S/C11H10BNO4S.C2H6/c12-13-9-3-1-2-8-4-7(6-18(15,16)17)5-10(14)11(8)9;1-2/h1-5,13-14H,6H2,(H,15,16,17);1-2H3. The quantitative estimate of drug-likeness (QED) is 0.597. The average Bonchev–Trinajstić information content (AvgIpc) is 2.38. The Balaban J connectivity index is 0.000000956. The van der Waals surface area contributed by atoms with Gasteiger partial charge in [0.05, 0.1) is 0 Å². The zero-order chi connectivity index (χ0) is 15.3. The van der Waals surface area contributed by atoms with E-state index in [1.165, 1.54) is 6.07 Å². The van der Waals surface area contributed by atoms with E-state index in [4.69, 9.17) is 12.5 Å². The first-order chi connectivity index (χ1) is 9.40. The number of benzene rings is 2. The van der Waals surface area contributed by atoms with Gasteiger partial charge in [-0.1, -0.05) is 26.0 Å². The van der Waals surface area contributed by atoms with E-state index < -0.39 is 15.9 Å². The number of phenolic OH excluding ortho intramolecular Hbond substituents is 1. The summed E-state index contributed by atoms with van der Waals surface area (Å²) in [6.07, 6.45) is 0. The first-order valence-electron chi connectivity index (χ1n) is 6.07. The minimum absolute atomic E-state index is 0.0975. The smallest absolute Gasteiger partial charge is 0.269 e. The Hall–Kier alpha value is -1.73. The molecule has 0 saturated heterocycles. The number of anilines is 1. The number of nitrogens with one attached hydrogen (secondary N) is 1. The summed E-state index contributed by atoms with van der Waals surface area (Å²) in [6, 6.07) is 7.97. The van der Waals surface area contributed by atoms with E-state index in [2.05, 4.69) is 5.23 Å². The predicted octanol–water partition coefficient (Wildman–Crippen LogP) is 2.45. The molecule has 0 saturated carbocycles. The molecular weight excluding hydrogens is 277 g/mol. The van der Waals surface area contributed by atoms with Crippen LogP contribution in [0.5, 0.6) is 5.75 Å². The van der Waals surface area contributed by atoms with Crippen LogP contribution in [0.4, 0.5) is 5.69 Å². The Kier molecular flexibility index (Phi) is 5.41. The van der Waals surface area contributed by atoms with E-state index >= 15 is 0 Å². The number of hydrogen-bond donors (Lipinski definition) is 3. The predicted molar refractivity (Wildman–Crippen MR) is 81.6 cm³/mol. The van der Waals surface area contributed by atoms with Gasteiger partial charge in [-0.3, -0.25) is 4.55 Å². The van der Waals surface area contributed by atoms with Crippen LogP contribution in [0.15, 0.2) is 30.3 Å². The van der Waals surface area contributed by atoms with Gasteiger partial charge in [0.15, 0.2) is 0 Å². The molecule has 7 heteroatoms. The second-order valence-corrected chi connectivity index (χ2v) is 5.34. The van der Waals surface area contributed by atoms with E-state index in [1.54, 1.807) is 24.3 Å². The van der Waals surface area contributed by atoms with Crippen molar-refractivity contribution in [1.82, 2.24) is 0 Å². The van der Waals surface area contributed by atoms with Gasteiger partial charge in [0, 0.05) is 11.1 Å². The molecule has 0 fully saturated rings. The summed E-state index contributed by atoms with van der Waals surface area (Å²) in [5.41, 5.74) is 0.833. The summed E-state index contributed by atoms with van der Waals surface area (Å²) >= 11 is 0. The Bertz CT molecular complexity index is 701. The topological polar surface area (TPSA) is 86.6 Å². The number of aromatic hydroxyl groups is 1. The second-order valence-electron chi connectivity index (χ2n) is 3.89. The lowest BCUT2D eigenvalue weighted by Gasteiger charge is -2.10. The number of fused-ring (bicyclic) bond motifs is 1. The molecule has 106 valence electrons. The fraction of sp³-hybridized carbons (Fsp3) is 0.231. The maximum Gasteiger partial charge on any atom is 0.269 e. The Morgan fingerprint density at radius 1 is 1.25 bits per heavy atom. The first-order valence-corrected chi connectivity index (χ1v) is 7.68. The lowest BCUT2D eigenvalue weighted by molar-refractivity contribution is 0.479. The number of hydrogen-bond acceptors (Lipinski definition) is 4. The molecule has 5 nitrogen and oxygen atoms in total. The van der Waals surface area contributed by atoms with E-state index in [0.717, 1.165) is 0 Å². The normalized spacial score (nSPS) is 10.8. The molecule has 20 heavy (non-hydrogen) atoms. The minimum atomic E-state index is -4.13. The molecule has 0 unspecified atom stereocenters. The van der Waals surface area contributed by atoms with Crippen molar-refractivity contribution in [3.05, 3.63) is 35.9 Å². The Labute approximate surface area is 119 Å². The molecule has 0 atom stereocenters. The SMILES string of the molecule is CC.[B]Nc1cccc2cc(CS(=O)(=O)O)cc(O)c12. The minimum Gasteiger partial charge on any atom is -0.507 e. The van der Waals surface area contributed by atoms with Gasteiger partial charge in [0.1, 0.15) is 11.5 Å². The van der Waals surface area contributed by atoms with Gasteiger partial charge < -0.3 is 10.3 Å². The van der Waals surface area contributed by atoms with Crippen LogP contribution in [0, 0.1) is 0 Å². The zero-order valence-corrected chi connectivity index (χ0v) is 12.1. The molecule has 0 heterocycles. The molecule has 0 amide bonds. The van der Waals surface area contributed by atoms with E-state index in [1.807, 2.05) is 13.8 Å². The molecule has 0 bridgehead atoms. The lowest BCUT2D eigenvalue weighted by atomic mass is 10.0. The van der Waals surface area contributed by atoms with Crippen LogP contribution in [0.2, 0.25) is 0 Å². The third kappa shape index (κ3) is 3.88. The summed E-state index contributed by atoms with van der Waals surface area (Å²) in [4.78, 5) is 0. The van der Waals surface area contributed by atoms with Crippen LogP contribution in [0.25, 0.3) is 10.8 Å². The summed E-state index contributed by atoms with van der Waals surface area (Å²) in [7, 11) is 1.20. The van der Waals surface area contributed by atoms with Crippen molar-refractivity contribution in [2.45, 2.75) is 19.6 Å². The summed E-state index contributed by atoms with van der Waals surface area (Å²) in [5, 5.41) is 13.5.